The minimum atomic E-state index is -5.61. The molecule has 0 saturated heterocycles. The molecule has 4 rings (SSSR count). The summed E-state index contributed by atoms with van der Waals surface area (Å²) >= 11 is 0. The summed E-state index contributed by atoms with van der Waals surface area (Å²) in [4.78, 5) is 3.99. The van der Waals surface area contributed by atoms with Crippen molar-refractivity contribution in [3.05, 3.63) is 77.9 Å². The Balaban J connectivity index is 1.61. The number of nitrogens with one attached hydrogen (secondary N) is 1. The number of aromatic nitrogens is 1. The minimum Gasteiger partial charge on any atom is -0.493 e. The highest BCUT2D eigenvalue weighted by Crippen LogP contribution is 2.41. The molecule has 2 N–H and O–H groups in total. The van der Waals surface area contributed by atoms with Crippen molar-refractivity contribution in [2.75, 3.05) is 11.3 Å². The molecule has 0 fully saturated rings. The van der Waals surface area contributed by atoms with E-state index in [1.165, 1.54) is 48.7 Å². The van der Waals surface area contributed by atoms with Gasteiger partial charge in [0.25, 0.3) is 0 Å². The molecule has 0 bridgehead atoms. The smallest absolute Gasteiger partial charge is 0.493 e. The first-order valence-electron chi connectivity index (χ1n) is 9.79. The fourth-order valence-electron chi connectivity index (χ4n) is 3.63. The molecular weight excluding hydrogens is 464 g/mol. The zero-order chi connectivity index (χ0) is 23.8. The normalized spacial score (nSPS) is 18.3. The number of anilines is 1. The number of ether oxygens (including phenoxy) is 1. The second kappa shape index (κ2) is 8.64. The van der Waals surface area contributed by atoms with E-state index in [2.05, 4.69) is 4.98 Å². The summed E-state index contributed by atoms with van der Waals surface area (Å²) in [5.41, 5.74) is -4.50. The Morgan fingerprint density at radius 1 is 1.12 bits per heavy atom. The monoisotopic (exact) mass is 482 g/mol. The van der Waals surface area contributed by atoms with Gasteiger partial charge in [-0.2, -0.15) is 21.6 Å². The molecule has 1 aliphatic heterocycles. The van der Waals surface area contributed by atoms with E-state index >= 15 is 0 Å². The van der Waals surface area contributed by atoms with E-state index in [9.17, 15) is 31.1 Å². The number of sulfonamides is 1. The Morgan fingerprint density at radius 2 is 1.88 bits per heavy atom. The average Bonchev–Trinajstić information content (AvgIpc) is 2.76. The molecule has 0 saturated carbocycles. The van der Waals surface area contributed by atoms with E-state index in [4.69, 9.17) is 4.74 Å². The largest absolute Gasteiger partial charge is 0.516 e. The van der Waals surface area contributed by atoms with Crippen molar-refractivity contribution in [3.8, 4) is 16.9 Å². The van der Waals surface area contributed by atoms with Gasteiger partial charge in [0.2, 0.25) is 0 Å². The van der Waals surface area contributed by atoms with Crippen LogP contribution in [0.15, 0.2) is 60.8 Å². The number of para-hydroxylation sites is 1. The fraction of sp³-hybridized carbons (Fsp3) is 0.227. The molecule has 1 aliphatic rings. The summed E-state index contributed by atoms with van der Waals surface area (Å²) in [6.07, 6.45) is 0.624. The molecule has 0 unspecified atom stereocenters. The molecule has 0 aliphatic carbocycles. The number of rotatable bonds is 5. The molecule has 2 heterocycles. The Morgan fingerprint density at radius 3 is 2.61 bits per heavy atom. The van der Waals surface area contributed by atoms with Gasteiger partial charge in [-0.15, -0.1) is 0 Å². The number of benzene rings is 2. The molecule has 11 heteroatoms. The van der Waals surface area contributed by atoms with Crippen LogP contribution in [0.3, 0.4) is 0 Å². The lowest BCUT2D eigenvalue weighted by Crippen LogP contribution is -2.30. The van der Waals surface area contributed by atoms with E-state index < -0.39 is 33.4 Å². The van der Waals surface area contributed by atoms with Gasteiger partial charge in [0.1, 0.15) is 11.6 Å². The number of halogens is 4. The van der Waals surface area contributed by atoms with Gasteiger partial charge >= 0.3 is 15.5 Å². The van der Waals surface area contributed by atoms with Gasteiger partial charge in [-0.3, -0.25) is 9.71 Å². The van der Waals surface area contributed by atoms with Crippen LogP contribution in [0.2, 0.25) is 0 Å². The summed E-state index contributed by atoms with van der Waals surface area (Å²) in [7, 11) is -5.61. The Hall–Kier alpha value is -3.18. The number of aliphatic hydroxyl groups is 1. The molecule has 2 atom stereocenters. The van der Waals surface area contributed by atoms with E-state index in [0.29, 0.717) is 16.9 Å². The van der Waals surface area contributed by atoms with Crippen LogP contribution >= 0.6 is 0 Å². The van der Waals surface area contributed by atoms with Crippen molar-refractivity contribution in [2.45, 2.75) is 18.0 Å². The molecule has 6 nitrogen and oxygen atoms in total. The highest BCUT2D eigenvalue weighted by Gasteiger charge is 2.46. The molecule has 0 radical (unpaired) electrons. The highest BCUT2D eigenvalue weighted by atomic mass is 32.2. The Bertz CT molecular complexity index is 1280. The summed E-state index contributed by atoms with van der Waals surface area (Å²) < 4.78 is 82.8. The van der Waals surface area contributed by atoms with E-state index in [1.807, 2.05) is 0 Å². The van der Waals surface area contributed by atoms with Crippen LogP contribution in [0.25, 0.3) is 11.1 Å². The van der Waals surface area contributed by atoms with Crippen LogP contribution in [-0.2, 0) is 16.4 Å². The van der Waals surface area contributed by atoms with Crippen LogP contribution in [0.5, 0.6) is 5.75 Å². The summed E-state index contributed by atoms with van der Waals surface area (Å²) in [5.74, 6) is -0.645. The predicted octanol–water partition coefficient (Wildman–Crippen LogP) is 4.43. The fourth-order valence-corrected chi connectivity index (χ4v) is 4.21. The van der Waals surface area contributed by atoms with Crippen molar-refractivity contribution < 1.29 is 35.8 Å². The lowest BCUT2D eigenvalue weighted by molar-refractivity contribution is -0.0429. The van der Waals surface area contributed by atoms with Gasteiger partial charge in [0.05, 0.1) is 24.1 Å². The molecule has 174 valence electrons. The SMILES string of the molecule is O=S(=O)(Nc1ccccc1-c1ccc2c(c1)OC[C@H](Cc1ncccc1F)[C@H]2O)C(F)(F)F. The van der Waals surface area contributed by atoms with Crippen LogP contribution in [0.4, 0.5) is 23.2 Å². The molecule has 0 amide bonds. The van der Waals surface area contributed by atoms with Gasteiger partial charge < -0.3 is 9.84 Å². The van der Waals surface area contributed by atoms with Crippen molar-refractivity contribution in [3.63, 3.8) is 0 Å². The lowest BCUT2D eigenvalue weighted by Gasteiger charge is -2.30. The first-order valence-corrected chi connectivity index (χ1v) is 11.3. The third-order valence-electron chi connectivity index (χ3n) is 5.31. The Labute approximate surface area is 186 Å². The molecular formula is C22H18F4N2O4S. The zero-order valence-corrected chi connectivity index (χ0v) is 17.7. The Kier molecular flexibility index (Phi) is 6.02. The minimum absolute atomic E-state index is 0.0655. The molecule has 3 aromatic rings. The molecule has 2 aromatic carbocycles. The van der Waals surface area contributed by atoms with E-state index in [1.54, 1.807) is 16.9 Å². The molecule has 1 aromatic heterocycles. The number of hydrogen-bond donors (Lipinski definition) is 2. The maximum absolute atomic E-state index is 13.9. The summed E-state index contributed by atoms with van der Waals surface area (Å²) in [6, 6.07) is 13.0. The topological polar surface area (TPSA) is 88.5 Å². The third-order valence-corrected chi connectivity index (χ3v) is 6.41. The number of pyridine rings is 1. The maximum Gasteiger partial charge on any atom is 0.516 e. The quantitative estimate of drug-likeness (QED) is 0.526. The average molecular weight is 482 g/mol. The lowest BCUT2D eigenvalue weighted by atomic mass is 9.88. The third kappa shape index (κ3) is 4.64. The summed E-state index contributed by atoms with van der Waals surface area (Å²) in [6.45, 7) is 0.0655. The predicted molar refractivity (Wildman–Crippen MR) is 112 cm³/mol. The van der Waals surface area contributed by atoms with E-state index in [0.717, 1.165) is 0 Å². The van der Waals surface area contributed by atoms with Crippen molar-refractivity contribution >= 4 is 15.7 Å². The standard InChI is InChI=1S/C22H18F4N2O4S/c23-17-5-3-9-27-19(17)10-14-12-32-20-11-13(7-8-16(20)21(14)29)15-4-1-2-6-18(15)28-33(30,31)22(24,25)26/h1-9,11,14,21,28-29H,10,12H2/t14-,21+/m0/s1. The summed E-state index contributed by atoms with van der Waals surface area (Å²) in [5, 5.41) is 10.8. The number of fused-ring (bicyclic) bond motifs is 1. The van der Waals surface area contributed by atoms with Crippen LogP contribution in [0, 0.1) is 11.7 Å². The van der Waals surface area contributed by atoms with Crippen molar-refractivity contribution in [2.24, 2.45) is 5.92 Å². The van der Waals surface area contributed by atoms with Gasteiger partial charge in [-0.05, 0) is 29.8 Å². The van der Waals surface area contributed by atoms with Crippen LogP contribution in [0.1, 0.15) is 17.4 Å². The first-order chi connectivity index (χ1) is 15.6. The second-order valence-corrected chi connectivity index (χ2v) is 9.18. The van der Waals surface area contributed by atoms with E-state index in [-0.39, 0.29) is 30.0 Å². The van der Waals surface area contributed by atoms with Gasteiger partial charge in [0, 0.05) is 29.7 Å². The highest BCUT2D eigenvalue weighted by molar-refractivity contribution is 7.93. The number of alkyl halides is 3. The van der Waals surface area contributed by atoms with Gasteiger partial charge in [-0.1, -0.05) is 30.3 Å². The van der Waals surface area contributed by atoms with Gasteiger partial charge in [0.15, 0.2) is 0 Å². The zero-order valence-electron chi connectivity index (χ0n) is 16.9. The van der Waals surface area contributed by atoms with Crippen LogP contribution < -0.4 is 9.46 Å². The maximum atomic E-state index is 13.9. The molecule has 33 heavy (non-hydrogen) atoms. The first kappa shape index (κ1) is 23.0. The second-order valence-electron chi connectivity index (χ2n) is 7.50. The van der Waals surface area contributed by atoms with Crippen molar-refractivity contribution in [1.82, 2.24) is 4.98 Å². The number of hydrogen-bond acceptors (Lipinski definition) is 5. The number of nitrogens with zero attached hydrogens (tertiary/aromatic N) is 1. The molecule has 0 spiro atoms. The number of aliphatic hydroxyl groups excluding tert-OH is 1. The van der Waals surface area contributed by atoms with Gasteiger partial charge in [-0.25, -0.2) is 4.39 Å². The van der Waals surface area contributed by atoms with Crippen LogP contribution in [-0.4, -0.2) is 30.6 Å². The van der Waals surface area contributed by atoms with Crippen molar-refractivity contribution in [1.29, 1.82) is 0 Å².